The number of amidine groups is 1. The zero-order chi connectivity index (χ0) is 13.7. The summed E-state index contributed by atoms with van der Waals surface area (Å²) in [6, 6.07) is 11.1. The van der Waals surface area contributed by atoms with E-state index in [4.69, 9.17) is 15.7 Å². The van der Waals surface area contributed by atoms with Gasteiger partial charge in [-0.2, -0.15) is 0 Å². The molecule has 1 aromatic carbocycles. The first kappa shape index (κ1) is 13.2. The number of ether oxygens (including phenoxy) is 1. The van der Waals surface area contributed by atoms with Crippen LogP contribution in [0.5, 0.6) is 5.75 Å². The predicted molar refractivity (Wildman–Crippen MR) is 73.9 cm³/mol. The molecule has 2 aromatic rings. The minimum Gasteiger partial charge on any atom is -0.497 e. The van der Waals surface area contributed by atoms with E-state index < -0.39 is 0 Å². The van der Waals surface area contributed by atoms with Crippen LogP contribution >= 0.6 is 11.8 Å². The maximum Gasteiger partial charge on any atom is 0.172 e. The highest BCUT2D eigenvalue weighted by atomic mass is 32.2. The van der Waals surface area contributed by atoms with E-state index >= 15 is 0 Å². The molecule has 0 aliphatic heterocycles. The zero-order valence-corrected chi connectivity index (χ0v) is 11.1. The molecule has 19 heavy (non-hydrogen) atoms. The van der Waals surface area contributed by atoms with Crippen LogP contribution in [0.4, 0.5) is 0 Å². The van der Waals surface area contributed by atoms with Crippen LogP contribution in [0.3, 0.4) is 0 Å². The van der Waals surface area contributed by atoms with Gasteiger partial charge in [-0.05, 0) is 30.3 Å². The van der Waals surface area contributed by atoms with Gasteiger partial charge in [0.1, 0.15) is 10.8 Å². The summed E-state index contributed by atoms with van der Waals surface area (Å²) in [6.45, 7) is 0. The molecule has 2 rings (SSSR count). The third-order valence-corrected chi connectivity index (χ3v) is 3.42. The summed E-state index contributed by atoms with van der Waals surface area (Å²) in [6.07, 6.45) is 1.66. The molecule has 0 spiro atoms. The topological polar surface area (TPSA) is 80.7 Å². The Morgan fingerprint density at radius 3 is 2.95 bits per heavy atom. The SMILES string of the molecule is COc1cccc(Sc2ncccc2/C(N)=N/O)c1. The van der Waals surface area contributed by atoms with Gasteiger partial charge in [-0.25, -0.2) is 4.98 Å². The van der Waals surface area contributed by atoms with E-state index in [0.717, 1.165) is 10.6 Å². The third kappa shape index (κ3) is 3.17. The van der Waals surface area contributed by atoms with Crippen LogP contribution in [0, 0.1) is 0 Å². The number of nitrogens with two attached hydrogens (primary N) is 1. The van der Waals surface area contributed by atoms with Crippen molar-refractivity contribution in [3.63, 3.8) is 0 Å². The maximum absolute atomic E-state index is 8.77. The Morgan fingerprint density at radius 2 is 2.21 bits per heavy atom. The normalized spacial score (nSPS) is 11.3. The van der Waals surface area contributed by atoms with Crippen LogP contribution in [0.15, 0.2) is 57.7 Å². The van der Waals surface area contributed by atoms with Crippen LogP contribution in [-0.2, 0) is 0 Å². The fourth-order valence-corrected chi connectivity index (χ4v) is 2.44. The van der Waals surface area contributed by atoms with Gasteiger partial charge in [-0.1, -0.05) is 23.0 Å². The molecule has 0 atom stereocenters. The number of aromatic nitrogens is 1. The van der Waals surface area contributed by atoms with Gasteiger partial charge in [0.15, 0.2) is 5.84 Å². The van der Waals surface area contributed by atoms with Crippen molar-refractivity contribution < 1.29 is 9.94 Å². The monoisotopic (exact) mass is 275 g/mol. The van der Waals surface area contributed by atoms with Crippen molar-refractivity contribution in [3.8, 4) is 5.75 Å². The van der Waals surface area contributed by atoms with Crippen LogP contribution in [0.2, 0.25) is 0 Å². The van der Waals surface area contributed by atoms with Gasteiger partial charge >= 0.3 is 0 Å². The van der Waals surface area contributed by atoms with Crippen molar-refractivity contribution in [2.24, 2.45) is 10.9 Å². The van der Waals surface area contributed by atoms with E-state index in [2.05, 4.69) is 10.1 Å². The molecular weight excluding hydrogens is 262 g/mol. The highest BCUT2D eigenvalue weighted by Gasteiger charge is 2.09. The summed E-state index contributed by atoms with van der Waals surface area (Å²) in [5.74, 6) is 0.810. The van der Waals surface area contributed by atoms with Gasteiger partial charge in [0.05, 0.1) is 12.7 Å². The summed E-state index contributed by atoms with van der Waals surface area (Å²) < 4.78 is 5.17. The lowest BCUT2D eigenvalue weighted by molar-refractivity contribution is 0.318. The molecule has 0 fully saturated rings. The summed E-state index contributed by atoms with van der Waals surface area (Å²) in [5.41, 5.74) is 6.22. The van der Waals surface area contributed by atoms with Crippen molar-refractivity contribution in [2.75, 3.05) is 7.11 Å². The Balaban J connectivity index is 2.33. The smallest absolute Gasteiger partial charge is 0.172 e. The molecule has 0 unspecified atom stereocenters. The van der Waals surface area contributed by atoms with Gasteiger partial charge in [-0.3, -0.25) is 0 Å². The second-order valence-electron chi connectivity index (χ2n) is 3.62. The molecule has 6 heteroatoms. The summed E-state index contributed by atoms with van der Waals surface area (Å²) in [5, 5.41) is 12.5. The fraction of sp³-hybridized carbons (Fsp3) is 0.0769. The second kappa shape index (κ2) is 6.10. The largest absolute Gasteiger partial charge is 0.497 e. The molecule has 0 radical (unpaired) electrons. The molecule has 1 aromatic heterocycles. The number of pyridine rings is 1. The van der Waals surface area contributed by atoms with Gasteiger partial charge in [0.25, 0.3) is 0 Å². The standard InChI is InChI=1S/C13H13N3O2S/c1-18-9-4-2-5-10(8-9)19-13-11(12(14)16-17)6-3-7-15-13/h2-8,17H,1H3,(H2,14,16). The molecule has 0 amide bonds. The lowest BCUT2D eigenvalue weighted by Gasteiger charge is -2.07. The number of rotatable bonds is 4. The second-order valence-corrected chi connectivity index (χ2v) is 4.68. The third-order valence-electron chi connectivity index (χ3n) is 2.41. The number of hydrogen-bond acceptors (Lipinski definition) is 5. The molecular formula is C13H13N3O2S. The zero-order valence-electron chi connectivity index (χ0n) is 10.3. The van der Waals surface area contributed by atoms with Crippen LogP contribution in [-0.4, -0.2) is 23.1 Å². The highest BCUT2D eigenvalue weighted by molar-refractivity contribution is 7.99. The maximum atomic E-state index is 8.77. The van der Waals surface area contributed by atoms with E-state index in [-0.39, 0.29) is 5.84 Å². The van der Waals surface area contributed by atoms with E-state index in [9.17, 15) is 0 Å². The lowest BCUT2D eigenvalue weighted by Crippen LogP contribution is -2.14. The van der Waals surface area contributed by atoms with Gasteiger partial charge in [-0.15, -0.1) is 0 Å². The number of oxime groups is 1. The van der Waals surface area contributed by atoms with E-state index in [1.54, 1.807) is 25.4 Å². The van der Waals surface area contributed by atoms with Crippen molar-refractivity contribution in [2.45, 2.75) is 9.92 Å². The Hall–Kier alpha value is -2.21. The molecule has 0 bridgehead atoms. The number of benzene rings is 1. The summed E-state index contributed by atoms with van der Waals surface area (Å²) >= 11 is 1.42. The number of nitrogens with zero attached hydrogens (tertiary/aromatic N) is 2. The van der Waals surface area contributed by atoms with E-state index in [1.807, 2.05) is 24.3 Å². The first-order chi connectivity index (χ1) is 9.24. The van der Waals surface area contributed by atoms with E-state index in [1.165, 1.54) is 11.8 Å². The first-order valence-electron chi connectivity index (χ1n) is 5.49. The molecule has 0 aliphatic carbocycles. The number of methoxy groups -OCH3 is 1. The van der Waals surface area contributed by atoms with Crippen LogP contribution in [0.1, 0.15) is 5.56 Å². The summed E-state index contributed by atoms with van der Waals surface area (Å²) in [4.78, 5) is 5.21. The Bertz CT molecular complexity index is 602. The molecule has 5 nitrogen and oxygen atoms in total. The van der Waals surface area contributed by atoms with Crippen LogP contribution < -0.4 is 10.5 Å². The lowest BCUT2D eigenvalue weighted by atomic mass is 10.3. The summed E-state index contributed by atoms with van der Waals surface area (Å²) in [7, 11) is 1.62. The Kier molecular flexibility index (Phi) is 4.25. The molecule has 0 saturated carbocycles. The predicted octanol–water partition coefficient (Wildman–Crippen LogP) is 2.34. The molecule has 0 aliphatic rings. The van der Waals surface area contributed by atoms with Crippen LogP contribution in [0.25, 0.3) is 0 Å². The molecule has 0 saturated heterocycles. The first-order valence-corrected chi connectivity index (χ1v) is 6.31. The average molecular weight is 275 g/mol. The minimum atomic E-state index is 0.0403. The van der Waals surface area contributed by atoms with Crippen molar-refractivity contribution in [1.82, 2.24) is 4.98 Å². The quantitative estimate of drug-likeness (QED) is 0.387. The Labute approximate surface area is 115 Å². The fourth-order valence-electron chi connectivity index (χ4n) is 1.50. The van der Waals surface area contributed by atoms with Crippen molar-refractivity contribution >= 4 is 17.6 Å². The average Bonchev–Trinajstić information content (AvgIpc) is 2.47. The highest BCUT2D eigenvalue weighted by Crippen LogP contribution is 2.30. The molecule has 98 valence electrons. The van der Waals surface area contributed by atoms with Gasteiger partial charge in [0, 0.05) is 11.1 Å². The van der Waals surface area contributed by atoms with Crippen molar-refractivity contribution in [1.29, 1.82) is 0 Å². The minimum absolute atomic E-state index is 0.0403. The van der Waals surface area contributed by atoms with Gasteiger partial charge < -0.3 is 15.7 Å². The van der Waals surface area contributed by atoms with E-state index in [0.29, 0.717) is 10.6 Å². The molecule has 3 N–H and O–H groups in total. The Morgan fingerprint density at radius 1 is 1.37 bits per heavy atom. The van der Waals surface area contributed by atoms with Gasteiger partial charge in [0.2, 0.25) is 0 Å². The molecule has 1 heterocycles. The van der Waals surface area contributed by atoms with Crippen molar-refractivity contribution in [3.05, 3.63) is 48.2 Å². The number of hydrogen-bond donors (Lipinski definition) is 2.